The van der Waals surface area contributed by atoms with Crippen molar-refractivity contribution in [3.8, 4) is 0 Å². The number of unbranched alkanes of at least 4 members (excludes halogenated alkanes) is 4. The van der Waals surface area contributed by atoms with Crippen LogP contribution in [0.25, 0.3) is 0 Å². The van der Waals surface area contributed by atoms with Crippen LogP contribution in [0.15, 0.2) is 23.3 Å². The Morgan fingerprint density at radius 3 is 2.29 bits per heavy atom. The molecule has 0 aromatic carbocycles. The summed E-state index contributed by atoms with van der Waals surface area (Å²) in [4.78, 5) is 25.9. The van der Waals surface area contributed by atoms with Gasteiger partial charge in [-0.1, -0.05) is 65.5 Å². The Kier molecular flexibility index (Phi) is 8.45. The topological polar surface area (TPSA) is 134 Å². The molecule has 4 rings (SSSR count). The van der Waals surface area contributed by atoms with Crippen molar-refractivity contribution in [3.05, 3.63) is 23.3 Å². The summed E-state index contributed by atoms with van der Waals surface area (Å²) >= 11 is 0. The van der Waals surface area contributed by atoms with Crippen LogP contribution in [0, 0.1) is 34.0 Å². The molecule has 2 saturated carbocycles. The summed E-state index contributed by atoms with van der Waals surface area (Å²) in [5.41, 5.74) is -5.06. The summed E-state index contributed by atoms with van der Waals surface area (Å²) < 4.78 is 12.0. The van der Waals surface area contributed by atoms with Gasteiger partial charge in [0.2, 0.25) is 0 Å². The first-order chi connectivity index (χ1) is 18.9. The van der Waals surface area contributed by atoms with Crippen molar-refractivity contribution in [2.24, 2.45) is 34.0 Å². The van der Waals surface area contributed by atoms with E-state index in [1.54, 1.807) is 39.8 Å². The van der Waals surface area contributed by atoms with Gasteiger partial charge in [0.05, 0.1) is 16.9 Å². The number of ether oxygens (including phenoxy) is 2. The van der Waals surface area contributed by atoms with Crippen LogP contribution in [0.1, 0.15) is 100 Å². The summed E-state index contributed by atoms with van der Waals surface area (Å²) in [6.07, 6.45) is 4.97. The number of rotatable bonds is 9. The van der Waals surface area contributed by atoms with Gasteiger partial charge in [0, 0.05) is 23.7 Å². The zero-order valence-electron chi connectivity index (χ0n) is 26.2. The van der Waals surface area contributed by atoms with Gasteiger partial charge in [-0.2, -0.15) is 0 Å². The van der Waals surface area contributed by atoms with Crippen LogP contribution in [0.2, 0.25) is 0 Å². The first-order valence-electron chi connectivity index (χ1n) is 15.5. The van der Waals surface area contributed by atoms with E-state index < -0.39 is 63.6 Å². The van der Waals surface area contributed by atoms with Crippen LogP contribution in [-0.2, 0) is 19.1 Å². The van der Waals surface area contributed by atoms with Crippen LogP contribution >= 0.6 is 0 Å². The molecule has 1 spiro atoms. The Bertz CT molecular complexity index is 1100. The Hall–Kier alpha value is -1.74. The van der Waals surface area contributed by atoms with Crippen molar-refractivity contribution in [1.82, 2.24) is 0 Å². The molecule has 4 aliphatic carbocycles. The third kappa shape index (κ3) is 4.72. The standard InChI is InChI=1S/C33H52O8/c1-9-10-11-12-13-14-23(34)41-32-17-20(3)31-16-19(2)25(35)33(31,39)26(36)21(18-40-28(38)29(4,5)6)15-22(27(31)37)24(32)30(32,7)8/h15-16,20,22,24-27,35-37,39H,9-14,17-18H2,1-8H3/t20-,22+,24-,25+,26-,27?,31+,32+,33-/m1/s1. The number of aliphatic hydroxyl groups is 4. The van der Waals surface area contributed by atoms with Gasteiger partial charge in [-0.15, -0.1) is 0 Å². The predicted octanol–water partition coefficient (Wildman–Crippen LogP) is 4.23. The second-order valence-electron chi connectivity index (χ2n) is 14.9. The van der Waals surface area contributed by atoms with E-state index in [0.717, 1.165) is 32.1 Å². The minimum absolute atomic E-state index is 0.228. The molecule has 9 atom stereocenters. The molecule has 8 nitrogen and oxygen atoms in total. The molecule has 0 heterocycles. The molecule has 0 aromatic heterocycles. The molecule has 41 heavy (non-hydrogen) atoms. The van der Waals surface area contributed by atoms with E-state index >= 15 is 0 Å². The minimum Gasteiger partial charge on any atom is -0.461 e. The van der Waals surface area contributed by atoms with Crippen molar-refractivity contribution in [3.63, 3.8) is 0 Å². The van der Waals surface area contributed by atoms with E-state index in [1.165, 1.54) is 0 Å². The molecule has 232 valence electrons. The molecule has 0 radical (unpaired) electrons. The van der Waals surface area contributed by atoms with E-state index in [1.807, 2.05) is 20.8 Å². The molecule has 0 amide bonds. The van der Waals surface area contributed by atoms with E-state index in [2.05, 4.69) is 6.92 Å². The molecule has 1 unspecified atom stereocenters. The lowest BCUT2D eigenvalue weighted by Crippen LogP contribution is -2.66. The van der Waals surface area contributed by atoms with Crippen LogP contribution in [-0.4, -0.2) is 68.5 Å². The summed E-state index contributed by atoms with van der Waals surface area (Å²) in [5.74, 6) is -2.14. The maximum atomic E-state index is 13.2. The summed E-state index contributed by atoms with van der Waals surface area (Å²) in [6, 6.07) is 0. The second kappa shape index (κ2) is 10.8. The number of carbonyl (C=O) groups excluding carboxylic acids is 2. The van der Waals surface area contributed by atoms with Crippen LogP contribution in [0.3, 0.4) is 0 Å². The fourth-order valence-electron chi connectivity index (χ4n) is 8.52. The van der Waals surface area contributed by atoms with E-state index in [-0.39, 0.29) is 24.1 Å². The number of esters is 2. The monoisotopic (exact) mass is 576 g/mol. The SMILES string of the molecule is CCCCCCCC(=O)O[C@@]12C[C@@H](C)[C@]34C=C(C)[C@H](O)[C@@]3(O)[C@H](O)C(COC(=O)C(C)(C)C)=C[C@H](C4O)[C@@H]1C2(C)C. The lowest BCUT2D eigenvalue weighted by molar-refractivity contribution is -0.217. The number of hydrogen-bond acceptors (Lipinski definition) is 8. The minimum atomic E-state index is -2.17. The van der Waals surface area contributed by atoms with Crippen molar-refractivity contribution in [1.29, 1.82) is 0 Å². The maximum absolute atomic E-state index is 13.2. The fraction of sp³-hybridized carbons (Fsp3) is 0.818. The highest BCUT2D eigenvalue weighted by atomic mass is 16.6. The molecule has 4 N–H and O–H groups in total. The van der Waals surface area contributed by atoms with Crippen LogP contribution in [0.5, 0.6) is 0 Å². The smallest absolute Gasteiger partial charge is 0.311 e. The zero-order valence-corrected chi connectivity index (χ0v) is 26.2. The van der Waals surface area contributed by atoms with Gasteiger partial charge in [-0.05, 0) is 57.6 Å². The summed E-state index contributed by atoms with van der Waals surface area (Å²) in [7, 11) is 0. The number of aliphatic hydroxyl groups excluding tert-OH is 3. The molecular weight excluding hydrogens is 524 g/mol. The van der Waals surface area contributed by atoms with Crippen LogP contribution < -0.4 is 0 Å². The van der Waals surface area contributed by atoms with Gasteiger partial charge in [0.25, 0.3) is 0 Å². The van der Waals surface area contributed by atoms with Gasteiger partial charge in [-0.3, -0.25) is 9.59 Å². The van der Waals surface area contributed by atoms with Crippen molar-refractivity contribution < 1.29 is 39.5 Å². The lowest BCUT2D eigenvalue weighted by atomic mass is 9.58. The number of hydrogen-bond donors (Lipinski definition) is 4. The van der Waals surface area contributed by atoms with Crippen molar-refractivity contribution in [2.75, 3.05) is 6.61 Å². The zero-order chi connectivity index (χ0) is 30.8. The van der Waals surface area contributed by atoms with E-state index in [9.17, 15) is 30.0 Å². The third-order valence-electron chi connectivity index (χ3n) is 10.9. The Labute approximate surface area is 245 Å². The summed E-state index contributed by atoms with van der Waals surface area (Å²) in [6.45, 7) is 14.7. The van der Waals surface area contributed by atoms with Gasteiger partial charge >= 0.3 is 11.9 Å². The van der Waals surface area contributed by atoms with Crippen molar-refractivity contribution >= 4 is 11.9 Å². The molecule has 0 aliphatic heterocycles. The molecule has 8 heteroatoms. The summed E-state index contributed by atoms with van der Waals surface area (Å²) in [5, 5.41) is 47.6. The highest BCUT2D eigenvalue weighted by Gasteiger charge is 2.82. The quantitative estimate of drug-likeness (QED) is 0.182. The van der Waals surface area contributed by atoms with E-state index in [4.69, 9.17) is 9.47 Å². The normalized spacial score (nSPS) is 40.8. The Morgan fingerprint density at radius 2 is 1.68 bits per heavy atom. The average molecular weight is 577 g/mol. The van der Waals surface area contributed by atoms with Gasteiger partial charge < -0.3 is 29.9 Å². The van der Waals surface area contributed by atoms with Gasteiger partial charge in [0.15, 0.2) is 0 Å². The molecule has 0 aromatic rings. The number of fused-ring (bicyclic) bond motifs is 3. The molecular formula is C33H52O8. The molecule has 2 bridgehead atoms. The lowest BCUT2D eigenvalue weighted by Gasteiger charge is -2.51. The molecule has 2 fully saturated rings. The van der Waals surface area contributed by atoms with Gasteiger partial charge in [-0.25, -0.2) is 0 Å². The first-order valence-corrected chi connectivity index (χ1v) is 15.5. The molecule has 0 saturated heterocycles. The average Bonchev–Trinajstić information content (AvgIpc) is 3.29. The fourth-order valence-corrected chi connectivity index (χ4v) is 8.52. The first kappa shape index (κ1) is 32.2. The van der Waals surface area contributed by atoms with Gasteiger partial charge in [0.1, 0.15) is 30.0 Å². The highest BCUT2D eigenvalue weighted by molar-refractivity contribution is 5.75. The highest BCUT2D eigenvalue weighted by Crippen LogP contribution is 2.76. The maximum Gasteiger partial charge on any atom is 0.311 e. The predicted molar refractivity (Wildman–Crippen MR) is 154 cm³/mol. The largest absolute Gasteiger partial charge is 0.461 e. The van der Waals surface area contributed by atoms with Crippen LogP contribution in [0.4, 0.5) is 0 Å². The second-order valence-corrected chi connectivity index (χ2v) is 14.9. The Morgan fingerprint density at radius 1 is 1.05 bits per heavy atom. The third-order valence-corrected chi connectivity index (χ3v) is 10.9. The van der Waals surface area contributed by atoms with Crippen molar-refractivity contribution in [2.45, 2.75) is 130 Å². The Balaban J connectivity index is 1.75. The van der Waals surface area contributed by atoms with E-state index in [0.29, 0.717) is 18.4 Å². The number of carbonyl (C=O) groups is 2. The molecule has 4 aliphatic rings.